The van der Waals surface area contributed by atoms with Crippen molar-refractivity contribution in [2.75, 3.05) is 26.0 Å². The summed E-state index contributed by atoms with van der Waals surface area (Å²) in [7, 11) is 1.37. The molecule has 0 aromatic heterocycles. The maximum Gasteiger partial charge on any atom is 0.337 e. The Morgan fingerprint density at radius 3 is 2.71 bits per heavy atom. The Morgan fingerprint density at radius 1 is 1.43 bits per heavy atom. The number of carbonyl (C=O) groups excluding carboxylic acids is 1. The maximum absolute atomic E-state index is 11.4. The Labute approximate surface area is 121 Å². The van der Waals surface area contributed by atoms with Crippen LogP contribution in [-0.4, -0.2) is 37.2 Å². The van der Waals surface area contributed by atoms with Crippen molar-refractivity contribution in [3.8, 4) is 17.6 Å². The average Bonchev–Trinajstić information content (AvgIpc) is 2.45. The van der Waals surface area contributed by atoms with E-state index in [0.717, 1.165) is 0 Å². The summed E-state index contributed by atoms with van der Waals surface area (Å²) in [6, 6.07) is 4.39. The zero-order valence-electron chi connectivity index (χ0n) is 11.4. The molecule has 1 amide bonds. The minimum absolute atomic E-state index is 0.0326. The topological polar surface area (TPSA) is 135 Å². The van der Waals surface area contributed by atoms with Crippen LogP contribution < -0.4 is 20.5 Å². The number of nitrogens with zero attached hydrogens (tertiary/aromatic N) is 1. The van der Waals surface area contributed by atoms with Crippen molar-refractivity contribution in [2.24, 2.45) is 0 Å². The molecule has 8 nitrogen and oxygen atoms in total. The van der Waals surface area contributed by atoms with E-state index in [0.29, 0.717) is 0 Å². The zero-order chi connectivity index (χ0) is 15.8. The summed E-state index contributed by atoms with van der Waals surface area (Å²) < 4.78 is 10.2. The van der Waals surface area contributed by atoms with Crippen LogP contribution in [0.1, 0.15) is 16.8 Å². The fraction of sp³-hybridized carbons (Fsp3) is 0.308. The van der Waals surface area contributed by atoms with E-state index >= 15 is 0 Å². The molecule has 0 radical (unpaired) electrons. The van der Waals surface area contributed by atoms with Crippen LogP contribution in [0.2, 0.25) is 0 Å². The minimum atomic E-state index is -1.21. The number of carboxylic acid groups (broad SMARTS) is 1. The minimum Gasteiger partial charge on any atom is -0.493 e. The van der Waals surface area contributed by atoms with Gasteiger partial charge in [-0.05, 0) is 0 Å². The van der Waals surface area contributed by atoms with Crippen molar-refractivity contribution in [3.05, 3.63) is 17.7 Å². The van der Waals surface area contributed by atoms with Gasteiger partial charge < -0.3 is 25.6 Å². The molecule has 1 aromatic rings. The van der Waals surface area contributed by atoms with Gasteiger partial charge in [0.2, 0.25) is 0 Å². The molecule has 0 unspecified atom stereocenters. The normalized spacial score (nSPS) is 9.52. The first-order chi connectivity index (χ1) is 9.99. The van der Waals surface area contributed by atoms with Gasteiger partial charge in [0.1, 0.15) is 0 Å². The van der Waals surface area contributed by atoms with Crippen molar-refractivity contribution < 1.29 is 24.2 Å². The van der Waals surface area contributed by atoms with Crippen LogP contribution in [0.3, 0.4) is 0 Å². The first-order valence-electron chi connectivity index (χ1n) is 5.96. The smallest absolute Gasteiger partial charge is 0.337 e. The van der Waals surface area contributed by atoms with Gasteiger partial charge in [-0.15, -0.1) is 0 Å². The highest BCUT2D eigenvalue weighted by Crippen LogP contribution is 2.32. The lowest BCUT2D eigenvalue weighted by Crippen LogP contribution is -2.29. The summed E-state index contributed by atoms with van der Waals surface area (Å²) in [6.45, 7) is -0.108. The van der Waals surface area contributed by atoms with Gasteiger partial charge in [0.05, 0.1) is 30.9 Å². The van der Waals surface area contributed by atoms with Crippen LogP contribution >= 0.6 is 0 Å². The molecule has 112 valence electrons. The number of benzene rings is 1. The number of methoxy groups -OCH3 is 1. The molecule has 0 atom stereocenters. The number of ether oxygens (including phenoxy) is 2. The molecule has 1 rings (SSSR count). The number of hydrogen-bond acceptors (Lipinski definition) is 6. The Bertz CT molecular complexity index is 580. The van der Waals surface area contributed by atoms with Crippen molar-refractivity contribution in [1.29, 1.82) is 5.26 Å². The lowest BCUT2D eigenvalue weighted by atomic mass is 10.1. The van der Waals surface area contributed by atoms with Crippen LogP contribution in [0.5, 0.6) is 11.5 Å². The first-order valence-corrected chi connectivity index (χ1v) is 5.96. The second-order valence-electron chi connectivity index (χ2n) is 3.94. The Kier molecular flexibility index (Phi) is 5.82. The number of carboxylic acids is 1. The SMILES string of the molecule is COc1cc(N)c(C(=O)O)cc1OCC(=O)NCCC#N. The van der Waals surface area contributed by atoms with Crippen LogP contribution in [0.15, 0.2) is 12.1 Å². The third kappa shape index (κ3) is 4.58. The number of aromatic carboxylic acids is 1. The van der Waals surface area contributed by atoms with Gasteiger partial charge in [-0.1, -0.05) is 0 Å². The molecule has 0 bridgehead atoms. The highest BCUT2D eigenvalue weighted by atomic mass is 16.5. The number of nitrogen functional groups attached to an aromatic ring is 1. The Balaban J connectivity index is 2.78. The molecule has 21 heavy (non-hydrogen) atoms. The second-order valence-corrected chi connectivity index (χ2v) is 3.94. The predicted molar refractivity (Wildman–Crippen MR) is 73.1 cm³/mol. The van der Waals surface area contributed by atoms with Crippen molar-refractivity contribution in [2.45, 2.75) is 6.42 Å². The van der Waals surface area contributed by atoms with E-state index in [4.69, 9.17) is 25.6 Å². The molecule has 0 aliphatic rings. The van der Waals surface area contributed by atoms with Crippen LogP contribution in [-0.2, 0) is 4.79 Å². The van der Waals surface area contributed by atoms with E-state index in [1.54, 1.807) is 0 Å². The van der Waals surface area contributed by atoms with Gasteiger partial charge in [-0.25, -0.2) is 4.79 Å². The molecule has 0 aliphatic heterocycles. The average molecular weight is 293 g/mol. The van der Waals surface area contributed by atoms with Crippen molar-refractivity contribution in [1.82, 2.24) is 5.32 Å². The van der Waals surface area contributed by atoms with Crippen molar-refractivity contribution >= 4 is 17.6 Å². The molecular formula is C13H15N3O5. The van der Waals surface area contributed by atoms with E-state index in [1.165, 1.54) is 19.2 Å². The van der Waals surface area contributed by atoms with E-state index in [1.807, 2.05) is 6.07 Å². The van der Waals surface area contributed by atoms with Crippen LogP contribution in [0.25, 0.3) is 0 Å². The van der Waals surface area contributed by atoms with Crippen LogP contribution in [0.4, 0.5) is 5.69 Å². The molecule has 0 fully saturated rings. The molecule has 0 spiro atoms. The highest BCUT2D eigenvalue weighted by molar-refractivity contribution is 5.94. The molecule has 0 aliphatic carbocycles. The van der Waals surface area contributed by atoms with Gasteiger partial charge >= 0.3 is 5.97 Å². The van der Waals surface area contributed by atoms with Gasteiger partial charge in [0, 0.05) is 18.7 Å². The number of nitrogens with two attached hydrogens (primary N) is 1. The summed E-state index contributed by atoms with van der Waals surface area (Å²) in [5.74, 6) is -1.32. The van der Waals surface area contributed by atoms with Gasteiger partial charge in [-0.2, -0.15) is 5.26 Å². The Hall–Kier alpha value is -2.95. The van der Waals surface area contributed by atoms with E-state index in [9.17, 15) is 9.59 Å². The summed E-state index contributed by atoms with van der Waals surface area (Å²) in [5, 5.41) is 19.8. The predicted octanol–water partition coefficient (Wildman–Crippen LogP) is 0.384. The largest absolute Gasteiger partial charge is 0.493 e. The number of amides is 1. The number of carbonyl (C=O) groups is 2. The summed E-state index contributed by atoms with van der Waals surface area (Å²) >= 11 is 0. The lowest BCUT2D eigenvalue weighted by molar-refractivity contribution is -0.123. The summed E-state index contributed by atoms with van der Waals surface area (Å²) in [4.78, 5) is 22.4. The highest BCUT2D eigenvalue weighted by Gasteiger charge is 2.15. The second kappa shape index (κ2) is 7.59. The number of nitriles is 1. The quantitative estimate of drug-likeness (QED) is 0.488. The van der Waals surface area contributed by atoms with E-state index < -0.39 is 11.9 Å². The van der Waals surface area contributed by atoms with Crippen LogP contribution in [0, 0.1) is 11.3 Å². The number of hydrogen-bond donors (Lipinski definition) is 3. The third-order valence-electron chi connectivity index (χ3n) is 2.48. The van der Waals surface area contributed by atoms with Gasteiger partial charge in [0.25, 0.3) is 5.91 Å². The molecule has 0 saturated carbocycles. The first kappa shape index (κ1) is 16.1. The molecule has 0 heterocycles. The third-order valence-corrected chi connectivity index (χ3v) is 2.48. The summed E-state index contributed by atoms with van der Waals surface area (Å²) in [5.41, 5.74) is 5.47. The maximum atomic E-state index is 11.4. The number of anilines is 1. The number of nitrogens with one attached hydrogen (secondary N) is 1. The lowest BCUT2D eigenvalue weighted by Gasteiger charge is -2.12. The number of rotatable bonds is 7. The van der Waals surface area contributed by atoms with E-state index in [2.05, 4.69) is 5.32 Å². The molecule has 1 aromatic carbocycles. The molecule has 4 N–H and O–H groups in total. The Morgan fingerprint density at radius 2 is 2.14 bits per heavy atom. The molecule has 0 saturated heterocycles. The fourth-order valence-corrected chi connectivity index (χ4v) is 1.49. The zero-order valence-corrected chi connectivity index (χ0v) is 11.4. The van der Waals surface area contributed by atoms with Gasteiger partial charge in [-0.3, -0.25) is 4.79 Å². The van der Waals surface area contributed by atoms with Gasteiger partial charge in [0.15, 0.2) is 18.1 Å². The molecular weight excluding hydrogens is 278 g/mol. The standard InChI is InChI=1S/C13H15N3O5/c1-20-10-6-9(15)8(13(18)19)5-11(10)21-7-12(17)16-4-2-3-14/h5-6H,2,4,7,15H2,1H3,(H,16,17)(H,18,19). The molecule has 8 heteroatoms. The monoisotopic (exact) mass is 293 g/mol. The van der Waals surface area contributed by atoms with Crippen molar-refractivity contribution in [3.63, 3.8) is 0 Å². The fourth-order valence-electron chi connectivity index (χ4n) is 1.49. The van der Waals surface area contributed by atoms with E-state index in [-0.39, 0.29) is 42.3 Å². The summed E-state index contributed by atoms with van der Waals surface area (Å²) in [6.07, 6.45) is 0.195.